The van der Waals surface area contributed by atoms with E-state index < -0.39 is 17.9 Å². The van der Waals surface area contributed by atoms with Gasteiger partial charge >= 0.3 is 12.1 Å². The van der Waals surface area contributed by atoms with Crippen LogP contribution in [0.25, 0.3) is 0 Å². The van der Waals surface area contributed by atoms with Crippen molar-refractivity contribution in [2.24, 2.45) is 0 Å². The summed E-state index contributed by atoms with van der Waals surface area (Å²) < 4.78 is 50.4. The van der Waals surface area contributed by atoms with Crippen LogP contribution in [0, 0.1) is 5.82 Å². The van der Waals surface area contributed by atoms with Gasteiger partial charge in [-0.15, -0.1) is 0 Å². The van der Waals surface area contributed by atoms with Crippen LogP contribution in [0.1, 0.15) is 5.56 Å². The van der Waals surface area contributed by atoms with Gasteiger partial charge in [0.2, 0.25) is 0 Å². The molecule has 0 bridgehead atoms. The molecular formula is C12H9F4N3O. The summed E-state index contributed by atoms with van der Waals surface area (Å²) in [5, 5.41) is 5.38. The van der Waals surface area contributed by atoms with Crippen molar-refractivity contribution in [1.29, 1.82) is 0 Å². The quantitative estimate of drug-likeness (QED) is 0.882. The first-order valence-electron chi connectivity index (χ1n) is 5.51. The number of hydrogen-bond donors (Lipinski definition) is 1. The van der Waals surface area contributed by atoms with E-state index in [0.29, 0.717) is 5.56 Å². The topological polar surface area (TPSA) is 46.9 Å². The molecule has 0 saturated carbocycles. The Labute approximate surface area is 111 Å². The lowest BCUT2D eigenvalue weighted by Crippen LogP contribution is -2.30. The van der Waals surface area contributed by atoms with Gasteiger partial charge in [0, 0.05) is 12.3 Å². The number of anilines is 1. The molecule has 4 nitrogen and oxygen atoms in total. The fraction of sp³-hybridized carbons (Fsp3) is 0.167. The zero-order chi connectivity index (χ0) is 14.8. The van der Waals surface area contributed by atoms with E-state index in [-0.39, 0.29) is 12.4 Å². The molecule has 2 aromatic rings. The van der Waals surface area contributed by atoms with Crippen molar-refractivity contribution in [1.82, 2.24) is 9.78 Å². The van der Waals surface area contributed by atoms with Crippen molar-refractivity contribution in [3.05, 3.63) is 47.9 Å². The molecule has 0 radical (unpaired) electrons. The normalized spacial score (nSPS) is 11.4. The molecule has 1 amide bonds. The second-order valence-corrected chi connectivity index (χ2v) is 3.98. The van der Waals surface area contributed by atoms with E-state index in [0.717, 1.165) is 0 Å². The summed E-state index contributed by atoms with van der Waals surface area (Å²) in [5.41, 5.74) is 0.599. The van der Waals surface area contributed by atoms with Gasteiger partial charge in [-0.2, -0.15) is 18.3 Å². The van der Waals surface area contributed by atoms with E-state index in [4.69, 9.17) is 0 Å². The van der Waals surface area contributed by atoms with Gasteiger partial charge in [-0.1, -0.05) is 12.1 Å². The minimum absolute atomic E-state index is 0.180. The summed E-state index contributed by atoms with van der Waals surface area (Å²) in [4.78, 5) is 10.7. The third-order valence-electron chi connectivity index (χ3n) is 2.37. The van der Waals surface area contributed by atoms with Gasteiger partial charge in [0.25, 0.3) is 0 Å². The van der Waals surface area contributed by atoms with E-state index in [2.05, 4.69) is 5.10 Å². The molecule has 1 aromatic heterocycles. The Hall–Kier alpha value is -2.38. The van der Waals surface area contributed by atoms with E-state index in [9.17, 15) is 22.4 Å². The van der Waals surface area contributed by atoms with Gasteiger partial charge < -0.3 is 5.32 Å². The van der Waals surface area contributed by atoms with Crippen molar-refractivity contribution in [3.8, 4) is 0 Å². The second kappa shape index (κ2) is 5.32. The maximum atomic E-state index is 13.0. The molecule has 0 atom stereocenters. The number of nitrogens with one attached hydrogen (secondary N) is 1. The Morgan fingerprint density at radius 2 is 2.05 bits per heavy atom. The lowest BCUT2D eigenvalue weighted by molar-refractivity contribution is -0.167. The molecule has 0 fully saturated rings. The van der Waals surface area contributed by atoms with Gasteiger partial charge in [0.05, 0.1) is 6.54 Å². The monoisotopic (exact) mass is 287 g/mol. The second-order valence-electron chi connectivity index (χ2n) is 3.98. The number of benzene rings is 1. The SMILES string of the molecule is O=C(Nc1ccn(Cc2cccc(F)c2)n1)C(F)(F)F. The minimum atomic E-state index is -4.97. The molecule has 0 saturated heterocycles. The predicted molar refractivity (Wildman–Crippen MR) is 62.4 cm³/mol. The van der Waals surface area contributed by atoms with Crippen molar-refractivity contribution in [2.75, 3.05) is 5.32 Å². The number of rotatable bonds is 3. The van der Waals surface area contributed by atoms with Gasteiger partial charge in [-0.25, -0.2) is 4.39 Å². The van der Waals surface area contributed by atoms with Crippen LogP contribution in [-0.2, 0) is 11.3 Å². The fourth-order valence-corrected chi connectivity index (χ4v) is 1.53. The lowest BCUT2D eigenvalue weighted by Gasteiger charge is -2.05. The maximum absolute atomic E-state index is 13.0. The van der Waals surface area contributed by atoms with Crippen LogP contribution in [0.2, 0.25) is 0 Å². The summed E-state index contributed by atoms with van der Waals surface area (Å²) in [6.07, 6.45) is -3.58. The first kappa shape index (κ1) is 14.0. The summed E-state index contributed by atoms with van der Waals surface area (Å²) >= 11 is 0. The molecule has 0 unspecified atom stereocenters. The van der Waals surface area contributed by atoms with E-state index in [1.165, 1.54) is 35.1 Å². The highest BCUT2D eigenvalue weighted by Gasteiger charge is 2.39. The third-order valence-corrected chi connectivity index (χ3v) is 2.37. The largest absolute Gasteiger partial charge is 0.471 e. The zero-order valence-electron chi connectivity index (χ0n) is 9.99. The number of carbonyl (C=O) groups excluding carboxylic acids is 1. The average molecular weight is 287 g/mol. The number of amides is 1. The molecule has 106 valence electrons. The number of nitrogens with zero attached hydrogens (tertiary/aromatic N) is 2. The molecule has 1 heterocycles. The standard InChI is InChI=1S/C12H9F4N3O/c13-9-3-1-2-8(6-9)7-19-5-4-10(18-19)17-11(20)12(14,15)16/h1-6H,7H2,(H,17,18,20). The third kappa shape index (κ3) is 3.56. The summed E-state index contributed by atoms with van der Waals surface area (Å²) in [6.45, 7) is 0.180. The van der Waals surface area contributed by atoms with Gasteiger partial charge in [-0.05, 0) is 17.7 Å². The molecule has 0 aliphatic carbocycles. The highest BCUT2D eigenvalue weighted by Crippen LogP contribution is 2.17. The van der Waals surface area contributed by atoms with Crippen LogP contribution in [0.3, 0.4) is 0 Å². The van der Waals surface area contributed by atoms with Crippen molar-refractivity contribution in [3.63, 3.8) is 0 Å². The highest BCUT2D eigenvalue weighted by molar-refractivity contribution is 5.94. The molecule has 1 aromatic carbocycles. The predicted octanol–water partition coefficient (Wildman–Crippen LogP) is 2.57. The number of hydrogen-bond acceptors (Lipinski definition) is 2. The number of carbonyl (C=O) groups is 1. The van der Waals surface area contributed by atoms with Crippen molar-refractivity contribution in [2.45, 2.75) is 12.7 Å². The first-order chi connectivity index (χ1) is 9.34. The molecule has 0 spiro atoms. The molecule has 20 heavy (non-hydrogen) atoms. The summed E-state index contributed by atoms with van der Waals surface area (Å²) in [6, 6.07) is 6.96. The maximum Gasteiger partial charge on any atom is 0.471 e. The van der Waals surface area contributed by atoms with Crippen molar-refractivity contribution >= 4 is 11.7 Å². The molecule has 2 rings (SSSR count). The van der Waals surface area contributed by atoms with Crippen LogP contribution >= 0.6 is 0 Å². The van der Waals surface area contributed by atoms with E-state index in [1.807, 2.05) is 0 Å². The van der Waals surface area contributed by atoms with Gasteiger partial charge in [0.1, 0.15) is 5.82 Å². The molecule has 0 aliphatic rings. The summed E-state index contributed by atoms with van der Waals surface area (Å²) in [7, 11) is 0. The smallest absolute Gasteiger partial charge is 0.301 e. The van der Waals surface area contributed by atoms with Crippen LogP contribution < -0.4 is 5.32 Å². The molecule has 8 heteroatoms. The Balaban J connectivity index is 2.04. The number of halogens is 4. The van der Waals surface area contributed by atoms with Crippen LogP contribution in [0.4, 0.5) is 23.4 Å². The molecule has 0 aliphatic heterocycles. The summed E-state index contributed by atoms with van der Waals surface area (Å²) in [5.74, 6) is -2.72. The van der Waals surface area contributed by atoms with Crippen LogP contribution in [-0.4, -0.2) is 21.9 Å². The Morgan fingerprint density at radius 1 is 1.30 bits per heavy atom. The number of aromatic nitrogens is 2. The van der Waals surface area contributed by atoms with Crippen LogP contribution in [0.5, 0.6) is 0 Å². The Kier molecular flexibility index (Phi) is 3.73. The van der Waals surface area contributed by atoms with Gasteiger partial charge in [0.15, 0.2) is 5.82 Å². The number of alkyl halides is 3. The van der Waals surface area contributed by atoms with Gasteiger partial charge in [-0.3, -0.25) is 9.48 Å². The zero-order valence-corrected chi connectivity index (χ0v) is 9.99. The lowest BCUT2D eigenvalue weighted by atomic mass is 10.2. The van der Waals surface area contributed by atoms with Crippen molar-refractivity contribution < 1.29 is 22.4 Å². The van der Waals surface area contributed by atoms with E-state index in [1.54, 1.807) is 11.4 Å². The van der Waals surface area contributed by atoms with Crippen LogP contribution in [0.15, 0.2) is 36.5 Å². The van der Waals surface area contributed by atoms with E-state index >= 15 is 0 Å². The molecular weight excluding hydrogens is 278 g/mol. The first-order valence-corrected chi connectivity index (χ1v) is 5.51. The molecule has 1 N–H and O–H groups in total. The average Bonchev–Trinajstić information content (AvgIpc) is 2.75. The fourth-order valence-electron chi connectivity index (χ4n) is 1.53. The minimum Gasteiger partial charge on any atom is -0.301 e. The Bertz CT molecular complexity index is 621. The Morgan fingerprint density at radius 3 is 2.70 bits per heavy atom. The highest BCUT2D eigenvalue weighted by atomic mass is 19.4.